The highest BCUT2D eigenvalue weighted by Crippen LogP contribution is 2.47. The van der Waals surface area contributed by atoms with Gasteiger partial charge in [0.05, 0.1) is 46.7 Å². The number of phenolic OH excluding ortho intramolecular Hbond substituents is 9. The molecule has 0 unspecified atom stereocenters. The first kappa shape index (κ1) is 48.5. The molecule has 364 valence electrons. The lowest BCUT2D eigenvalue weighted by Crippen LogP contribution is -2.16. The van der Waals surface area contributed by atoms with Gasteiger partial charge < -0.3 is 88.6 Å². The van der Waals surface area contributed by atoms with E-state index in [0.717, 1.165) is 24.3 Å². The van der Waals surface area contributed by atoms with E-state index in [0.29, 0.717) is 39.9 Å². The number of esters is 2. The van der Waals surface area contributed by atoms with Crippen LogP contribution in [0.2, 0.25) is 0 Å². The predicted octanol–water partition coefficient (Wildman–Crippen LogP) is 7.40. The van der Waals surface area contributed by atoms with E-state index in [-0.39, 0.29) is 110 Å². The number of phenols is 9. The third-order valence-corrected chi connectivity index (χ3v) is 10.8. The van der Waals surface area contributed by atoms with Crippen molar-refractivity contribution < 1.29 is 98.2 Å². The van der Waals surface area contributed by atoms with Crippen LogP contribution in [-0.2, 0) is 22.3 Å². The molecular formula is C50H44O20. The van der Waals surface area contributed by atoms with Crippen LogP contribution in [0.15, 0.2) is 90.4 Å². The van der Waals surface area contributed by atoms with Crippen LogP contribution in [0.1, 0.15) is 48.5 Å². The molecule has 0 saturated carbocycles. The van der Waals surface area contributed by atoms with Gasteiger partial charge in [-0.3, -0.25) is 0 Å². The molecule has 0 spiro atoms. The van der Waals surface area contributed by atoms with E-state index in [4.69, 9.17) is 42.6 Å². The summed E-state index contributed by atoms with van der Waals surface area (Å²) in [5, 5.41) is 89.5. The lowest BCUT2D eigenvalue weighted by Gasteiger charge is -2.25. The molecule has 0 saturated heterocycles. The SMILES string of the molecule is COc1cc(C2=C(OC(=O)c3cc(O)c(C)c(O)c3)Cc3c(O)cc(O)cc3O2)cc(OC)c1OC.COc1ccc(C2=C(OC(=O)c3cc(O)c(O)c(O)c3)Cc3c(O)cc(O)cc3O2)cc1OC. The first-order valence-corrected chi connectivity index (χ1v) is 20.5. The van der Waals surface area contributed by atoms with Crippen LogP contribution in [-0.4, -0.2) is 93.4 Å². The van der Waals surface area contributed by atoms with Gasteiger partial charge >= 0.3 is 11.9 Å². The number of aromatic hydroxyl groups is 9. The monoisotopic (exact) mass is 964 g/mol. The molecule has 6 aromatic rings. The Morgan fingerprint density at radius 2 is 0.871 bits per heavy atom. The number of rotatable bonds is 11. The highest BCUT2D eigenvalue weighted by atomic mass is 16.6. The van der Waals surface area contributed by atoms with Crippen LogP contribution in [0.25, 0.3) is 11.5 Å². The minimum absolute atomic E-state index is 0.00207. The summed E-state index contributed by atoms with van der Waals surface area (Å²) in [5.74, 6) is -3.29. The number of hydrogen-bond donors (Lipinski definition) is 9. The quantitative estimate of drug-likeness (QED) is 0.0451. The van der Waals surface area contributed by atoms with Gasteiger partial charge in [-0.2, -0.15) is 0 Å². The second-order valence-electron chi connectivity index (χ2n) is 15.2. The fourth-order valence-corrected chi connectivity index (χ4v) is 7.25. The van der Waals surface area contributed by atoms with Crippen molar-refractivity contribution in [2.45, 2.75) is 19.8 Å². The number of allylic oxidation sites excluding steroid dienone is 2. The molecule has 0 bridgehead atoms. The highest BCUT2D eigenvalue weighted by Gasteiger charge is 2.31. The zero-order valence-electron chi connectivity index (χ0n) is 37.9. The molecule has 6 aromatic carbocycles. The van der Waals surface area contributed by atoms with Crippen LogP contribution in [0.5, 0.6) is 92.0 Å². The molecule has 9 N–H and O–H groups in total. The van der Waals surface area contributed by atoms with Crippen molar-refractivity contribution >= 4 is 23.5 Å². The Kier molecular flexibility index (Phi) is 13.7. The smallest absolute Gasteiger partial charge is 0.343 e. The van der Waals surface area contributed by atoms with Crippen molar-refractivity contribution in [3.63, 3.8) is 0 Å². The van der Waals surface area contributed by atoms with Gasteiger partial charge in [0, 0.05) is 64.9 Å². The first-order chi connectivity index (χ1) is 33.4. The van der Waals surface area contributed by atoms with Gasteiger partial charge in [0.15, 0.2) is 63.3 Å². The molecule has 0 aromatic heterocycles. The molecule has 2 aliphatic rings. The molecule has 8 rings (SSSR count). The van der Waals surface area contributed by atoms with Crippen molar-refractivity contribution in [2.24, 2.45) is 0 Å². The molecule has 0 radical (unpaired) electrons. The lowest BCUT2D eigenvalue weighted by atomic mass is 10.0. The Bertz CT molecular complexity index is 3060. The Morgan fingerprint density at radius 1 is 0.457 bits per heavy atom. The average Bonchev–Trinajstić information content (AvgIpc) is 3.33. The number of ether oxygens (including phenoxy) is 9. The number of benzene rings is 6. The summed E-state index contributed by atoms with van der Waals surface area (Å²) < 4.78 is 49.9. The maximum absolute atomic E-state index is 13.0. The Hall–Kier alpha value is -9.46. The molecular weight excluding hydrogens is 921 g/mol. The Balaban J connectivity index is 0.000000207. The van der Waals surface area contributed by atoms with E-state index >= 15 is 0 Å². The van der Waals surface area contributed by atoms with Crippen LogP contribution < -0.4 is 33.2 Å². The van der Waals surface area contributed by atoms with Gasteiger partial charge in [-0.1, -0.05) is 0 Å². The second kappa shape index (κ2) is 19.8. The van der Waals surface area contributed by atoms with Crippen molar-refractivity contribution in [1.82, 2.24) is 0 Å². The Labute approximate surface area is 397 Å². The topological polar surface area (TPSA) is 299 Å². The molecule has 0 fully saturated rings. The summed E-state index contributed by atoms with van der Waals surface area (Å²) >= 11 is 0. The van der Waals surface area contributed by atoms with Crippen molar-refractivity contribution in [1.29, 1.82) is 0 Å². The number of fused-ring (bicyclic) bond motifs is 2. The molecule has 20 heteroatoms. The number of hydrogen-bond acceptors (Lipinski definition) is 20. The molecule has 70 heavy (non-hydrogen) atoms. The minimum Gasteiger partial charge on any atom is -0.508 e. The maximum atomic E-state index is 13.0. The summed E-state index contributed by atoms with van der Waals surface area (Å²) in [4.78, 5) is 25.8. The predicted molar refractivity (Wildman–Crippen MR) is 244 cm³/mol. The maximum Gasteiger partial charge on any atom is 0.343 e. The van der Waals surface area contributed by atoms with Crippen LogP contribution in [0, 0.1) is 6.92 Å². The minimum atomic E-state index is -0.969. The van der Waals surface area contributed by atoms with Gasteiger partial charge in [-0.15, -0.1) is 0 Å². The molecule has 20 nitrogen and oxygen atoms in total. The second-order valence-corrected chi connectivity index (χ2v) is 15.2. The van der Waals surface area contributed by atoms with E-state index in [1.807, 2.05) is 0 Å². The van der Waals surface area contributed by atoms with Gasteiger partial charge in [0.25, 0.3) is 0 Å². The number of carbonyl (C=O) groups is 2. The fraction of sp³-hybridized carbons (Fsp3) is 0.160. The highest BCUT2D eigenvalue weighted by molar-refractivity contribution is 5.93. The summed E-state index contributed by atoms with van der Waals surface area (Å²) in [5.41, 5.74) is 1.23. The molecule has 0 aliphatic carbocycles. The third-order valence-electron chi connectivity index (χ3n) is 10.8. The van der Waals surface area contributed by atoms with E-state index in [2.05, 4.69) is 0 Å². The number of methoxy groups -OCH3 is 5. The Morgan fingerprint density at radius 3 is 1.30 bits per heavy atom. The molecule has 2 heterocycles. The average molecular weight is 965 g/mol. The van der Waals surface area contributed by atoms with E-state index in [1.165, 1.54) is 66.7 Å². The van der Waals surface area contributed by atoms with Gasteiger partial charge in [0.2, 0.25) is 5.75 Å². The van der Waals surface area contributed by atoms with Crippen LogP contribution >= 0.6 is 0 Å². The van der Waals surface area contributed by atoms with Crippen LogP contribution in [0.3, 0.4) is 0 Å². The van der Waals surface area contributed by atoms with E-state index in [9.17, 15) is 55.5 Å². The molecule has 0 atom stereocenters. The van der Waals surface area contributed by atoms with E-state index in [1.54, 1.807) is 30.3 Å². The summed E-state index contributed by atoms with van der Waals surface area (Å²) in [6, 6.07) is 17.1. The molecule has 2 aliphatic heterocycles. The zero-order valence-corrected chi connectivity index (χ0v) is 37.9. The summed E-state index contributed by atoms with van der Waals surface area (Å²) in [6.07, 6.45) is -0.171. The van der Waals surface area contributed by atoms with Crippen molar-refractivity contribution in [2.75, 3.05) is 35.5 Å². The van der Waals surface area contributed by atoms with Crippen LogP contribution in [0.4, 0.5) is 0 Å². The normalized spacial score (nSPS) is 12.5. The van der Waals surface area contributed by atoms with E-state index < -0.39 is 29.2 Å². The number of carbonyl (C=O) groups excluding carboxylic acids is 2. The standard InChI is InChI=1S/C26H24O10.C24H20O10/c1-12-17(28)5-14(6-18(12)29)26(31)36-23-11-16-19(30)9-15(27)10-20(16)35-24(23)13-7-21(32-2)25(34-4)22(8-13)33-3;1-31-18-4-3-11(7-20(18)32-2)23-21(10-14-15(26)8-13(25)9-19(14)33-23)34-24(30)12-5-16(27)22(29)17(28)6-12/h5-10,27-30H,11H2,1-4H3;3-9,25-29H,10H2,1-2H3. The summed E-state index contributed by atoms with van der Waals surface area (Å²) in [6.45, 7) is 1.50. The van der Waals surface area contributed by atoms with Gasteiger partial charge in [0.1, 0.15) is 46.0 Å². The first-order valence-electron chi connectivity index (χ1n) is 20.5. The summed E-state index contributed by atoms with van der Waals surface area (Å²) in [7, 11) is 7.27. The third kappa shape index (κ3) is 9.67. The van der Waals surface area contributed by atoms with Crippen molar-refractivity contribution in [3.8, 4) is 92.0 Å². The zero-order chi connectivity index (χ0) is 50.7. The largest absolute Gasteiger partial charge is 0.508 e. The lowest BCUT2D eigenvalue weighted by molar-refractivity contribution is 0.0600. The fourth-order valence-electron chi connectivity index (χ4n) is 7.25. The van der Waals surface area contributed by atoms with Crippen molar-refractivity contribution in [3.05, 3.63) is 129 Å². The van der Waals surface area contributed by atoms with Gasteiger partial charge in [-0.25, -0.2) is 9.59 Å². The van der Waals surface area contributed by atoms with Gasteiger partial charge in [-0.05, 0) is 61.5 Å². The molecule has 0 amide bonds.